The molecule has 0 aliphatic carbocycles. The zero-order valence-electron chi connectivity index (χ0n) is 14.1. The van der Waals surface area contributed by atoms with Crippen LogP contribution in [0.5, 0.6) is 5.75 Å². The summed E-state index contributed by atoms with van der Waals surface area (Å²) in [4.78, 5) is 23.5. The lowest BCUT2D eigenvalue weighted by atomic mass is 10.1. The minimum absolute atomic E-state index is 0.0808. The van der Waals surface area contributed by atoms with Crippen molar-refractivity contribution < 1.29 is 19.1 Å². The van der Waals surface area contributed by atoms with Gasteiger partial charge in [0, 0.05) is 5.69 Å². The first-order valence-corrected chi connectivity index (χ1v) is 7.76. The molecule has 0 aliphatic heterocycles. The number of anilines is 1. The highest BCUT2D eigenvalue weighted by Crippen LogP contribution is 2.16. The van der Waals surface area contributed by atoms with Crippen LogP contribution in [-0.4, -0.2) is 25.1 Å². The standard InChI is InChI=1S/C19H21NO4/c1-4-23-19(22)15-5-7-16(8-6-15)20-18(21)12-24-17-10-13(2)9-14(3)11-17/h5-11H,4,12H2,1-3H3,(H,20,21). The highest BCUT2D eigenvalue weighted by Gasteiger charge is 2.08. The van der Waals surface area contributed by atoms with Crippen molar-refractivity contribution in [2.45, 2.75) is 20.8 Å². The number of aryl methyl sites for hydroxylation is 2. The Bertz CT molecular complexity index is 702. The quantitative estimate of drug-likeness (QED) is 0.825. The molecule has 2 rings (SSSR count). The lowest BCUT2D eigenvalue weighted by Gasteiger charge is -2.09. The van der Waals surface area contributed by atoms with Gasteiger partial charge in [0.1, 0.15) is 5.75 Å². The molecule has 0 saturated carbocycles. The van der Waals surface area contributed by atoms with Gasteiger partial charge in [-0.2, -0.15) is 0 Å². The maximum absolute atomic E-state index is 11.9. The predicted octanol–water partition coefficient (Wildman–Crippen LogP) is 3.50. The van der Waals surface area contributed by atoms with E-state index < -0.39 is 0 Å². The van der Waals surface area contributed by atoms with Gasteiger partial charge in [0.05, 0.1) is 12.2 Å². The molecule has 5 heteroatoms. The SMILES string of the molecule is CCOC(=O)c1ccc(NC(=O)COc2cc(C)cc(C)c2)cc1. The van der Waals surface area contributed by atoms with Gasteiger partial charge in [0.2, 0.25) is 0 Å². The van der Waals surface area contributed by atoms with Crippen LogP contribution in [0.3, 0.4) is 0 Å². The molecule has 2 aromatic rings. The number of hydrogen-bond acceptors (Lipinski definition) is 4. The van der Waals surface area contributed by atoms with Crippen LogP contribution in [0, 0.1) is 13.8 Å². The normalized spacial score (nSPS) is 10.1. The van der Waals surface area contributed by atoms with Crippen LogP contribution >= 0.6 is 0 Å². The Morgan fingerprint density at radius 1 is 1.00 bits per heavy atom. The van der Waals surface area contributed by atoms with E-state index in [9.17, 15) is 9.59 Å². The minimum Gasteiger partial charge on any atom is -0.484 e. The lowest BCUT2D eigenvalue weighted by Crippen LogP contribution is -2.20. The van der Waals surface area contributed by atoms with Gasteiger partial charge >= 0.3 is 5.97 Å². The van der Waals surface area contributed by atoms with Gasteiger partial charge in [-0.1, -0.05) is 6.07 Å². The monoisotopic (exact) mass is 327 g/mol. The number of carbonyl (C=O) groups excluding carboxylic acids is 2. The van der Waals surface area contributed by atoms with E-state index in [-0.39, 0.29) is 18.5 Å². The average Bonchev–Trinajstić information content (AvgIpc) is 2.53. The number of hydrogen-bond donors (Lipinski definition) is 1. The van der Waals surface area contributed by atoms with Gasteiger partial charge in [-0.25, -0.2) is 4.79 Å². The summed E-state index contributed by atoms with van der Waals surface area (Å²) in [5.41, 5.74) is 3.21. The number of esters is 1. The Kier molecular flexibility index (Phi) is 5.95. The van der Waals surface area contributed by atoms with Crippen molar-refractivity contribution in [3.63, 3.8) is 0 Å². The Balaban J connectivity index is 1.89. The van der Waals surface area contributed by atoms with Crippen LogP contribution in [0.25, 0.3) is 0 Å². The second kappa shape index (κ2) is 8.15. The molecular weight excluding hydrogens is 306 g/mol. The van der Waals surface area contributed by atoms with E-state index in [1.54, 1.807) is 31.2 Å². The van der Waals surface area contributed by atoms with Crippen molar-refractivity contribution in [2.24, 2.45) is 0 Å². The van der Waals surface area contributed by atoms with Crippen LogP contribution in [0.2, 0.25) is 0 Å². The van der Waals surface area contributed by atoms with Crippen molar-refractivity contribution >= 4 is 17.6 Å². The number of benzene rings is 2. The van der Waals surface area contributed by atoms with Gasteiger partial charge in [0.15, 0.2) is 6.61 Å². The van der Waals surface area contributed by atoms with Crippen LogP contribution < -0.4 is 10.1 Å². The van der Waals surface area contributed by atoms with Gasteiger partial charge in [0.25, 0.3) is 5.91 Å². The van der Waals surface area contributed by atoms with E-state index >= 15 is 0 Å². The summed E-state index contributed by atoms with van der Waals surface area (Å²) in [5.74, 6) is 0.0203. The third-order valence-electron chi connectivity index (χ3n) is 3.24. The highest BCUT2D eigenvalue weighted by atomic mass is 16.5. The van der Waals surface area contributed by atoms with Gasteiger partial charge in [-0.15, -0.1) is 0 Å². The predicted molar refractivity (Wildman–Crippen MR) is 92.4 cm³/mol. The van der Waals surface area contributed by atoms with Crippen molar-refractivity contribution in [1.29, 1.82) is 0 Å². The number of ether oxygens (including phenoxy) is 2. The van der Waals surface area contributed by atoms with Gasteiger partial charge < -0.3 is 14.8 Å². The van der Waals surface area contributed by atoms with Crippen molar-refractivity contribution in [2.75, 3.05) is 18.5 Å². The fraction of sp³-hybridized carbons (Fsp3) is 0.263. The first-order chi connectivity index (χ1) is 11.5. The number of carbonyl (C=O) groups is 2. The number of nitrogens with one attached hydrogen (secondary N) is 1. The molecule has 0 heterocycles. The Hall–Kier alpha value is -2.82. The van der Waals surface area contributed by atoms with Gasteiger partial charge in [-0.3, -0.25) is 4.79 Å². The summed E-state index contributed by atoms with van der Waals surface area (Å²) in [7, 11) is 0. The Morgan fingerprint density at radius 3 is 2.21 bits per heavy atom. The summed E-state index contributed by atoms with van der Waals surface area (Å²) in [6.07, 6.45) is 0. The van der Waals surface area contributed by atoms with E-state index in [0.29, 0.717) is 23.6 Å². The first-order valence-electron chi connectivity index (χ1n) is 7.76. The lowest BCUT2D eigenvalue weighted by molar-refractivity contribution is -0.118. The molecule has 5 nitrogen and oxygen atoms in total. The molecule has 2 aromatic carbocycles. The molecular formula is C19H21NO4. The summed E-state index contributed by atoms with van der Waals surface area (Å²) in [6, 6.07) is 12.3. The molecule has 0 fully saturated rings. The van der Waals surface area contributed by atoms with Gasteiger partial charge in [-0.05, 0) is 68.3 Å². The van der Waals surface area contributed by atoms with Crippen molar-refractivity contribution in [3.8, 4) is 5.75 Å². The summed E-state index contributed by atoms with van der Waals surface area (Å²) < 4.78 is 10.4. The molecule has 0 atom stereocenters. The summed E-state index contributed by atoms with van der Waals surface area (Å²) >= 11 is 0. The van der Waals surface area contributed by atoms with E-state index in [4.69, 9.17) is 9.47 Å². The number of amides is 1. The van der Waals surface area contributed by atoms with E-state index in [0.717, 1.165) is 11.1 Å². The van der Waals surface area contributed by atoms with Crippen molar-refractivity contribution in [3.05, 3.63) is 59.2 Å². The van der Waals surface area contributed by atoms with E-state index in [2.05, 4.69) is 5.32 Å². The molecule has 0 spiro atoms. The van der Waals surface area contributed by atoms with E-state index in [1.807, 2.05) is 32.0 Å². The third-order valence-corrected chi connectivity index (χ3v) is 3.24. The largest absolute Gasteiger partial charge is 0.484 e. The smallest absolute Gasteiger partial charge is 0.338 e. The average molecular weight is 327 g/mol. The maximum Gasteiger partial charge on any atom is 0.338 e. The topological polar surface area (TPSA) is 64.6 Å². The molecule has 0 aliphatic rings. The summed E-state index contributed by atoms with van der Waals surface area (Å²) in [5, 5.41) is 2.72. The first kappa shape index (κ1) is 17.5. The molecule has 0 aromatic heterocycles. The molecule has 0 saturated heterocycles. The molecule has 126 valence electrons. The second-order valence-electron chi connectivity index (χ2n) is 5.46. The molecule has 1 amide bonds. The molecule has 24 heavy (non-hydrogen) atoms. The molecule has 1 N–H and O–H groups in total. The highest BCUT2D eigenvalue weighted by molar-refractivity contribution is 5.93. The van der Waals surface area contributed by atoms with E-state index in [1.165, 1.54) is 0 Å². The fourth-order valence-electron chi connectivity index (χ4n) is 2.27. The second-order valence-corrected chi connectivity index (χ2v) is 5.46. The molecule has 0 radical (unpaired) electrons. The molecule has 0 bridgehead atoms. The summed E-state index contributed by atoms with van der Waals surface area (Å²) in [6.45, 7) is 5.95. The van der Waals surface area contributed by atoms with Crippen LogP contribution in [-0.2, 0) is 9.53 Å². The zero-order valence-corrected chi connectivity index (χ0v) is 14.1. The fourth-order valence-corrected chi connectivity index (χ4v) is 2.27. The van der Waals surface area contributed by atoms with Crippen molar-refractivity contribution in [1.82, 2.24) is 0 Å². The zero-order chi connectivity index (χ0) is 17.5. The molecule has 0 unspecified atom stereocenters. The Labute approximate surface area is 141 Å². The van der Waals surface area contributed by atoms with Crippen LogP contribution in [0.15, 0.2) is 42.5 Å². The minimum atomic E-state index is -0.381. The third kappa shape index (κ3) is 5.12. The Morgan fingerprint density at radius 2 is 1.62 bits per heavy atom. The number of rotatable bonds is 6. The van der Waals surface area contributed by atoms with Crippen LogP contribution in [0.1, 0.15) is 28.4 Å². The maximum atomic E-state index is 11.9. The van der Waals surface area contributed by atoms with Crippen LogP contribution in [0.4, 0.5) is 5.69 Å².